The van der Waals surface area contributed by atoms with Crippen molar-refractivity contribution in [2.75, 3.05) is 5.73 Å². The topological polar surface area (TPSA) is 89.6 Å². The molecule has 0 aliphatic carbocycles. The van der Waals surface area contributed by atoms with Crippen LogP contribution in [0.15, 0.2) is 18.7 Å². The van der Waals surface area contributed by atoms with E-state index in [4.69, 9.17) is 5.73 Å². The zero-order valence-corrected chi connectivity index (χ0v) is 8.27. The summed E-state index contributed by atoms with van der Waals surface area (Å²) >= 11 is 0. The lowest BCUT2D eigenvalue weighted by molar-refractivity contribution is 0.103. The molecule has 0 radical (unpaired) electrons. The average Bonchev–Trinajstić information content (AvgIpc) is 2.84. The van der Waals surface area contributed by atoms with Crippen molar-refractivity contribution in [3.8, 4) is 0 Å². The van der Waals surface area contributed by atoms with Crippen LogP contribution in [0, 0.1) is 0 Å². The highest BCUT2D eigenvalue weighted by Crippen LogP contribution is 2.11. The van der Waals surface area contributed by atoms with Crippen molar-refractivity contribution in [1.29, 1.82) is 0 Å². The predicted molar refractivity (Wildman–Crippen MR) is 54.3 cm³/mol. The number of carbonyl (C=O) groups is 1. The Balaban J connectivity index is 2.32. The van der Waals surface area contributed by atoms with Crippen molar-refractivity contribution in [3.05, 3.63) is 30.0 Å². The smallest absolute Gasteiger partial charge is 0.218 e. The van der Waals surface area contributed by atoms with Crippen molar-refractivity contribution in [2.45, 2.75) is 13.5 Å². The Labute approximate surface area is 86.1 Å². The van der Waals surface area contributed by atoms with Crippen LogP contribution in [0.3, 0.4) is 0 Å². The number of rotatable bonds is 3. The van der Waals surface area contributed by atoms with E-state index in [1.54, 1.807) is 12.5 Å². The van der Waals surface area contributed by atoms with E-state index < -0.39 is 0 Å². The summed E-state index contributed by atoms with van der Waals surface area (Å²) in [6.45, 7) is 2.75. The van der Waals surface area contributed by atoms with Crippen LogP contribution in [-0.2, 0) is 6.54 Å². The molecule has 0 amide bonds. The van der Waals surface area contributed by atoms with Crippen LogP contribution in [-0.4, -0.2) is 25.5 Å². The molecule has 78 valence electrons. The number of imidazole rings is 1. The van der Waals surface area contributed by atoms with E-state index in [0.29, 0.717) is 11.3 Å². The summed E-state index contributed by atoms with van der Waals surface area (Å²) in [5.41, 5.74) is 6.28. The summed E-state index contributed by atoms with van der Waals surface area (Å²) in [6.07, 6.45) is 4.71. The van der Waals surface area contributed by atoms with E-state index in [0.717, 1.165) is 6.54 Å². The monoisotopic (exact) mass is 205 g/mol. The molecule has 0 aliphatic heterocycles. The summed E-state index contributed by atoms with van der Waals surface area (Å²) in [4.78, 5) is 15.8. The maximum atomic E-state index is 11.8. The number of aromatic nitrogens is 4. The highest BCUT2D eigenvalue weighted by atomic mass is 16.1. The number of aryl methyl sites for hydroxylation is 1. The molecule has 0 fully saturated rings. The summed E-state index contributed by atoms with van der Waals surface area (Å²) in [7, 11) is 0. The largest absolute Gasteiger partial charge is 0.383 e. The standard InChI is InChI=1S/C9H11N5O/c1-2-14-4-7(11-5-14)8(15)6-3-12-13-9(6)10/h3-5H,2H2,1H3,(H3,10,12,13). The van der Waals surface area contributed by atoms with Gasteiger partial charge in [0.1, 0.15) is 11.5 Å². The number of aromatic amines is 1. The predicted octanol–water partition coefficient (Wildman–Crippen LogP) is 0.439. The second kappa shape index (κ2) is 3.56. The second-order valence-corrected chi connectivity index (χ2v) is 3.12. The molecule has 15 heavy (non-hydrogen) atoms. The zero-order valence-electron chi connectivity index (χ0n) is 8.27. The number of ketones is 1. The molecule has 6 nitrogen and oxygen atoms in total. The van der Waals surface area contributed by atoms with Crippen molar-refractivity contribution in [1.82, 2.24) is 19.7 Å². The van der Waals surface area contributed by atoms with Gasteiger partial charge < -0.3 is 10.3 Å². The average molecular weight is 205 g/mol. The fraction of sp³-hybridized carbons (Fsp3) is 0.222. The number of nitrogens with one attached hydrogen (secondary N) is 1. The summed E-state index contributed by atoms with van der Waals surface area (Å²) < 4.78 is 1.82. The molecular formula is C9H11N5O. The minimum atomic E-state index is -0.214. The van der Waals surface area contributed by atoms with Gasteiger partial charge >= 0.3 is 0 Å². The van der Waals surface area contributed by atoms with Crippen molar-refractivity contribution in [3.63, 3.8) is 0 Å². The van der Waals surface area contributed by atoms with Gasteiger partial charge in [0, 0.05) is 12.7 Å². The fourth-order valence-corrected chi connectivity index (χ4v) is 1.27. The molecule has 0 aromatic carbocycles. The Morgan fingerprint density at radius 2 is 2.47 bits per heavy atom. The Morgan fingerprint density at radius 1 is 1.67 bits per heavy atom. The molecule has 2 aromatic heterocycles. The Kier molecular flexibility index (Phi) is 2.24. The third kappa shape index (κ3) is 1.61. The molecular weight excluding hydrogens is 194 g/mol. The molecule has 0 spiro atoms. The third-order valence-corrected chi connectivity index (χ3v) is 2.14. The fourth-order valence-electron chi connectivity index (χ4n) is 1.27. The van der Waals surface area contributed by atoms with E-state index in [9.17, 15) is 4.79 Å². The van der Waals surface area contributed by atoms with E-state index in [1.807, 2.05) is 11.5 Å². The van der Waals surface area contributed by atoms with Gasteiger partial charge in [-0.3, -0.25) is 9.89 Å². The van der Waals surface area contributed by atoms with Gasteiger partial charge in [-0.15, -0.1) is 0 Å². The Bertz CT molecular complexity index is 484. The molecule has 0 aliphatic rings. The summed E-state index contributed by atoms with van der Waals surface area (Å²) in [6, 6.07) is 0. The highest BCUT2D eigenvalue weighted by Gasteiger charge is 2.16. The first-order valence-corrected chi connectivity index (χ1v) is 4.57. The number of carbonyl (C=O) groups excluding carboxylic acids is 1. The van der Waals surface area contributed by atoms with Crippen LogP contribution in [0.1, 0.15) is 23.0 Å². The summed E-state index contributed by atoms with van der Waals surface area (Å²) in [5, 5.41) is 6.20. The van der Waals surface area contributed by atoms with Gasteiger partial charge in [0.25, 0.3) is 0 Å². The number of H-pyrrole nitrogens is 1. The van der Waals surface area contributed by atoms with Gasteiger partial charge in [-0.25, -0.2) is 4.98 Å². The van der Waals surface area contributed by atoms with Crippen molar-refractivity contribution < 1.29 is 4.79 Å². The first-order valence-electron chi connectivity index (χ1n) is 4.57. The molecule has 0 unspecified atom stereocenters. The molecule has 0 atom stereocenters. The van der Waals surface area contributed by atoms with E-state index in [1.165, 1.54) is 6.20 Å². The van der Waals surface area contributed by atoms with Gasteiger partial charge in [-0.2, -0.15) is 5.10 Å². The third-order valence-electron chi connectivity index (χ3n) is 2.14. The molecule has 2 aromatic rings. The molecule has 2 heterocycles. The molecule has 0 bridgehead atoms. The zero-order chi connectivity index (χ0) is 10.8. The van der Waals surface area contributed by atoms with Crippen molar-refractivity contribution >= 4 is 11.6 Å². The SMILES string of the molecule is CCn1cnc(C(=O)c2cn[nH]c2N)c1. The number of hydrogen-bond acceptors (Lipinski definition) is 4. The molecule has 2 rings (SSSR count). The number of hydrogen-bond donors (Lipinski definition) is 2. The van der Waals surface area contributed by atoms with Gasteiger partial charge in [-0.1, -0.05) is 0 Å². The van der Waals surface area contributed by atoms with Gasteiger partial charge in [0.15, 0.2) is 0 Å². The quantitative estimate of drug-likeness (QED) is 0.711. The van der Waals surface area contributed by atoms with Crippen LogP contribution >= 0.6 is 0 Å². The Morgan fingerprint density at radius 3 is 3.00 bits per heavy atom. The number of nitrogens with zero attached hydrogens (tertiary/aromatic N) is 3. The van der Waals surface area contributed by atoms with Crippen LogP contribution < -0.4 is 5.73 Å². The highest BCUT2D eigenvalue weighted by molar-refractivity contribution is 6.10. The van der Waals surface area contributed by atoms with E-state index >= 15 is 0 Å². The van der Waals surface area contributed by atoms with Crippen molar-refractivity contribution in [2.24, 2.45) is 0 Å². The van der Waals surface area contributed by atoms with Crippen LogP contribution in [0.4, 0.5) is 5.82 Å². The first kappa shape index (κ1) is 9.45. The summed E-state index contributed by atoms with van der Waals surface area (Å²) in [5.74, 6) is 0.0551. The van der Waals surface area contributed by atoms with Crippen LogP contribution in [0.5, 0.6) is 0 Å². The number of anilines is 1. The molecule has 0 saturated heterocycles. The number of nitrogens with two attached hydrogens (primary N) is 1. The van der Waals surface area contributed by atoms with Gasteiger partial charge in [0.2, 0.25) is 5.78 Å². The maximum Gasteiger partial charge on any atom is 0.218 e. The minimum absolute atomic E-state index is 0.214. The molecule has 3 N–H and O–H groups in total. The second-order valence-electron chi connectivity index (χ2n) is 3.12. The lowest BCUT2D eigenvalue weighted by Crippen LogP contribution is -2.04. The lowest BCUT2D eigenvalue weighted by atomic mass is 10.2. The van der Waals surface area contributed by atoms with Crippen LogP contribution in [0.25, 0.3) is 0 Å². The van der Waals surface area contributed by atoms with Gasteiger partial charge in [-0.05, 0) is 6.92 Å². The lowest BCUT2D eigenvalue weighted by Gasteiger charge is -1.94. The maximum absolute atomic E-state index is 11.8. The first-order chi connectivity index (χ1) is 7.22. The Hall–Kier alpha value is -2.11. The number of nitrogen functional groups attached to an aromatic ring is 1. The molecule has 6 heteroatoms. The van der Waals surface area contributed by atoms with E-state index in [2.05, 4.69) is 15.2 Å². The normalized spacial score (nSPS) is 10.5. The van der Waals surface area contributed by atoms with Gasteiger partial charge in [0.05, 0.1) is 18.1 Å². The molecule has 0 saturated carbocycles. The van der Waals surface area contributed by atoms with Crippen LogP contribution in [0.2, 0.25) is 0 Å². The van der Waals surface area contributed by atoms with E-state index in [-0.39, 0.29) is 11.6 Å². The minimum Gasteiger partial charge on any atom is -0.383 e.